The predicted octanol–water partition coefficient (Wildman–Crippen LogP) is -1.47. The first-order chi connectivity index (χ1) is 3.18. The van der Waals surface area contributed by atoms with Gasteiger partial charge in [0.2, 0.25) is 0 Å². The van der Waals surface area contributed by atoms with Crippen LogP contribution in [0.25, 0.3) is 0 Å². The minimum absolute atomic E-state index is 0.352. The summed E-state index contributed by atoms with van der Waals surface area (Å²) in [5.74, 6) is 0. The van der Waals surface area contributed by atoms with Gasteiger partial charge >= 0.3 is 0 Å². The molecule has 0 aromatic heterocycles. The van der Waals surface area contributed by atoms with Crippen LogP contribution < -0.4 is 5.17 Å². The van der Waals surface area contributed by atoms with Gasteiger partial charge in [0.15, 0.2) is 0 Å². The molecule has 1 unspecified atom stereocenters. The highest BCUT2D eigenvalue weighted by molar-refractivity contribution is 4.10. The van der Waals surface area contributed by atoms with Gasteiger partial charge in [-0.05, 0) is 0 Å². The molecule has 5 heteroatoms. The lowest BCUT2D eigenvalue weighted by atomic mass is 11.3. The molecule has 0 radical (unpaired) electrons. The van der Waals surface area contributed by atoms with Gasteiger partial charge in [-0.3, -0.25) is 5.17 Å². The second-order valence-corrected chi connectivity index (χ2v) is 1.12. The maximum absolute atomic E-state index is 10.0. The second kappa shape index (κ2) is 2.49. The first-order valence-electron chi connectivity index (χ1n) is 1.76. The van der Waals surface area contributed by atoms with Gasteiger partial charge in [-0.1, -0.05) is 0 Å². The molecule has 0 fully saturated rings. The molecule has 1 atom stereocenters. The van der Waals surface area contributed by atoms with Gasteiger partial charge in [0, 0.05) is 0 Å². The largest absolute Gasteiger partial charge is 0.607 e. The van der Waals surface area contributed by atoms with E-state index in [0.29, 0.717) is 0 Å². The molecule has 0 aliphatic rings. The van der Waals surface area contributed by atoms with Crippen molar-refractivity contribution in [2.24, 2.45) is 5.29 Å². The molecule has 0 amide bonds. The van der Waals surface area contributed by atoms with Crippen LogP contribution in [0, 0.1) is 10.1 Å². The van der Waals surface area contributed by atoms with Crippen LogP contribution in [0.15, 0.2) is 5.29 Å². The summed E-state index contributed by atoms with van der Waals surface area (Å²) in [6, 6.07) is 0. The minimum Gasteiger partial charge on any atom is -0.607 e. The first-order valence-corrected chi connectivity index (χ1v) is 1.76. The van der Waals surface area contributed by atoms with Gasteiger partial charge in [-0.2, -0.15) is 0 Å². The smallest absolute Gasteiger partial charge is 0.101 e. The van der Waals surface area contributed by atoms with Crippen LogP contribution in [-0.2, 0) is 0 Å². The molecule has 0 bridgehead atoms. The Kier molecular flexibility index (Phi) is 2.24. The third-order valence-electron chi connectivity index (χ3n) is 0.578. The zero-order valence-electron chi connectivity index (χ0n) is 4.21. The summed E-state index contributed by atoms with van der Waals surface area (Å²) < 4.78 is 0. The molecule has 0 saturated carbocycles. The van der Waals surface area contributed by atoms with E-state index in [9.17, 15) is 10.1 Å². The molecule has 0 saturated heterocycles. The number of nitroso groups, excluding NO2 is 1. The third kappa shape index (κ3) is 2.07. The number of nitrogens with one attached hydrogen (secondary N) is 1. The van der Waals surface area contributed by atoms with Crippen LogP contribution >= 0.6 is 0 Å². The summed E-state index contributed by atoms with van der Waals surface area (Å²) in [4.78, 5) is 9.40. The van der Waals surface area contributed by atoms with Crippen molar-refractivity contribution in [2.75, 3.05) is 14.1 Å². The number of rotatable bonds is 2. The van der Waals surface area contributed by atoms with Gasteiger partial charge in [0.25, 0.3) is 0 Å². The second-order valence-electron chi connectivity index (χ2n) is 1.12. The summed E-state index contributed by atoms with van der Waals surface area (Å²) in [6.45, 7) is 0. The Hall–Kier alpha value is -0.680. The Morgan fingerprint density at radius 2 is 2.29 bits per heavy atom. The van der Waals surface area contributed by atoms with E-state index in [2.05, 4.69) is 5.29 Å². The van der Waals surface area contributed by atoms with E-state index in [0.717, 1.165) is 5.12 Å². The van der Waals surface area contributed by atoms with E-state index in [4.69, 9.17) is 0 Å². The van der Waals surface area contributed by atoms with Crippen LogP contribution in [0.4, 0.5) is 0 Å². The standard InChI is InChI=1S/C2H7N3O2/c1-4(3-6)5(2)7/h5H,1-2H3. The summed E-state index contributed by atoms with van der Waals surface area (Å²) in [7, 11) is 2.57. The van der Waals surface area contributed by atoms with E-state index in [1.807, 2.05) is 0 Å². The summed E-state index contributed by atoms with van der Waals surface area (Å²) in [6.07, 6.45) is 0. The SMILES string of the molecule is CN(N=O)[NH+](C)[O-]. The third-order valence-corrected chi connectivity index (χ3v) is 0.578. The van der Waals surface area contributed by atoms with Crippen LogP contribution in [0.2, 0.25) is 0 Å². The summed E-state index contributed by atoms with van der Waals surface area (Å²) >= 11 is 0. The van der Waals surface area contributed by atoms with Gasteiger partial charge < -0.3 is 5.21 Å². The molecule has 0 rings (SSSR count). The molecular weight excluding hydrogens is 98.0 g/mol. The van der Waals surface area contributed by atoms with Crippen LogP contribution in [0.3, 0.4) is 0 Å². The first kappa shape index (κ1) is 6.32. The van der Waals surface area contributed by atoms with E-state index in [-0.39, 0.29) is 5.17 Å². The average molecular weight is 105 g/mol. The fraction of sp³-hybridized carbons (Fsp3) is 1.00. The van der Waals surface area contributed by atoms with E-state index < -0.39 is 0 Å². The molecule has 0 heterocycles. The monoisotopic (exact) mass is 105 g/mol. The maximum atomic E-state index is 10.0. The molecule has 5 nitrogen and oxygen atoms in total. The van der Waals surface area contributed by atoms with Crippen molar-refractivity contribution in [3.8, 4) is 0 Å². The Morgan fingerprint density at radius 3 is 2.29 bits per heavy atom. The number of quaternary nitrogens is 1. The molecule has 0 spiro atoms. The quantitative estimate of drug-likeness (QED) is 0.344. The number of hydrogen-bond acceptors (Lipinski definition) is 3. The van der Waals surface area contributed by atoms with Crippen molar-refractivity contribution in [2.45, 2.75) is 0 Å². The van der Waals surface area contributed by atoms with Gasteiger partial charge in [-0.25, -0.2) is 0 Å². The molecule has 1 N–H and O–H groups in total. The maximum Gasteiger partial charge on any atom is 0.101 e. The van der Waals surface area contributed by atoms with Gasteiger partial charge in [0.05, 0.1) is 14.1 Å². The molecule has 42 valence electrons. The molecule has 0 aliphatic carbocycles. The van der Waals surface area contributed by atoms with Crippen LogP contribution in [-0.4, -0.2) is 19.2 Å². The fourth-order valence-corrected chi connectivity index (χ4v) is 0.0575. The normalized spacial score (nSPS) is 13.0. The summed E-state index contributed by atoms with van der Waals surface area (Å²) in [5.41, 5.74) is 0. The molecule has 0 aliphatic heterocycles. The van der Waals surface area contributed by atoms with Gasteiger partial charge in [-0.15, -0.1) is 10.0 Å². The highest BCUT2D eigenvalue weighted by atomic mass is 16.6. The lowest BCUT2D eigenvalue weighted by molar-refractivity contribution is -0.952. The van der Waals surface area contributed by atoms with Crippen molar-refractivity contribution >= 4 is 0 Å². The van der Waals surface area contributed by atoms with Crippen LogP contribution in [0.1, 0.15) is 0 Å². The highest BCUT2D eigenvalue weighted by Gasteiger charge is 1.91. The zero-order valence-corrected chi connectivity index (χ0v) is 4.21. The van der Waals surface area contributed by atoms with Crippen molar-refractivity contribution in [1.82, 2.24) is 5.12 Å². The Balaban J connectivity index is 3.33. The number of hydroxylamine groups is 1. The highest BCUT2D eigenvalue weighted by Crippen LogP contribution is 1.59. The predicted molar refractivity (Wildman–Crippen MR) is 23.8 cm³/mol. The molecule has 7 heavy (non-hydrogen) atoms. The van der Waals surface area contributed by atoms with E-state index in [1.54, 1.807) is 0 Å². The van der Waals surface area contributed by atoms with Gasteiger partial charge in [0.1, 0.15) is 5.29 Å². The van der Waals surface area contributed by atoms with E-state index >= 15 is 0 Å². The zero-order chi connectivity index (χ0) is 5.86. The average Bonchev–Trinajstić information content (AvgIpc) is 1.65. The summed E-state index contributed by atoms with van der Waals surface area (Å²) in [5, 5.41) is 12.7. The van der Waals surface area contributed by atoms with Crippen molar-refractivity contribution < 1.29 is 5.17 Å². The van der Waals surface area contributed by atoms with Crippen molar-refractivity contribution in [3.63, 3.8) is 0 Å². The lowest BCUT2D eigenvalue weighted by Gasteiger charge is -2.19. The minimum atomic E-state index is -0.352. The topological polar surface area (TPSA) is 60.2 Å². The fourth-order valence-electron chi connectivity index (χ4n) is 0.0575. The Morgan fingerprint density at radius 1 is 1.86 bits per heavy atom. The van der Waals surface area contributed by atoms with Crippen molar-refractivity contribution in [3.05, 3.63) is 10.1 Å². The van der Waals surface area contributed by atoms with E-state index in [1.165, 1.54) is 14.1 Å². The lowest BCUT2D eigenvalue weighted by Crippen LogP contribution is -3.09. The molecular formula is C2H7N3O2. The molecule has 0 aromatic rings. The number of nitrogens with zero attached hydrogens (tertiary/aromatic N) is 2. The van der Waals surface area contributed by atoms with Crippen LogP contribution in [0.5, 0.6) is 0 Å². The molecule has 0 aromatic carbocycles. The van der Waals surface area contributed by atoms with Crippen molar-refractivity contribution in [1.29, 1.82) is 0 Å². The Bertz CT molecular complexity index is 64.0. The Labute approximate surface area is 41.0 Å². The number of hydrogen-bond donors (Lipinski definition) is 1.